The maximum atomic E-state index is 10.8. The third kappa shape index (κ3) is 2.38. The molecule has 1 aliphatic rings. The van der Waals surface area contributed by atoms with Crippen LogP contribution < -0.4 is 5.32 Å². The quantitative estimate of drug-likeness (QED) is 0.838. The molecule has 0 amide bonds. The standard InChI is InChI=1S/C15H23NO/c1-3-10-15(17,4-2)14-13-8-6-5-7-12(13)9-11-16-14/h5-8,14,16-17H,3-4,9-11H2,1-2H3. The highest BCUT2D eigenvalue weighted by molar-refractivity contribution is 5.34. The number of hydrogen-bond donors (Lipinski definition) is 2. The molecule has 2 nitrogen and oxygen atoms in total. The van der Waals surface area contributed by atoms with Gasteiger partial charge in [0.15, 0.2) is 0 Å². The summed E-state index contributed by atoms with van der Waals surface area (Å²) in [5, 5.41) is 14.3. The summed E-state index contributed by atoms with van der Waals surface area (Å²) in [6.07, 6.45) is 3.74. The maximum Gasteiger partial charge on any atom is 0.0839 e. The minimum absolute atomic E-state index is 0.0948. The van der Waals surface area contributed by atoms with E-state index in [2.05, 4.69) is 43.4 Å². The van der Waals surface area contributed by atoms with E-state index in [1.807, 2.05) is 0 Å². The summed E-state index contributed by atoms with van der Waals surface area (Å²) in [4.78, 5) is 0. The Labute approximate surface area is 104 Å². The number of aliphatic hydroxyl groups is 1. The van der Waals surface area contributed by atoms with Gasteiger partial charge >= 0.3 is 0 Å². The number of nitrogens with one attached hydrogen (secondary N) is 1. The van der Waals surface area contributed by atoms with Crippen LogP contribution in [0.15, 0.2) is 24.3 Å². The molecule has 17 heavy (non-hydrogen) atoms. The molecule has 0 bridgehead atoms. The van der Waals surface area contributed by atoms with E-state index in [9.17, 15) is 5.11 Å². The largest absolute Gasteiger partial charge is 0.388 e. The Balaban J connectivity index is 2.34. The molecular weight excluding hydrogens is 210 g/mol. The number of hydrogen-bond acceptors (Lipinski definition) is 2. The molecule has 94 valence electrons. The molecule has 1 aliphatic heterocycles. The lowest BCUT2D eigenvalue weighted by Crippen LogP contribution is -2.46. The van der Waals surface area contributed by atoms with Gasteiger partial charge in [-0.25, -0.2) is 0 Å². The van der Waals surface area contributed by atoms with Crippen molar-refractivity contribution in [2.75, 3.05) is 6.54 Å². The summed E-state index contributed by atoms with van der Waals surface area (Å²) >= 11 is 0. The first-order chi connectivity index (χ1) is 8.21. The van der Waals surface area contributed by atoms with Gasteiger partial charge in [0.2, 0.25) is 0 Å². The van der Waals surface area contributed by atoms with Crippen LogP contribution in [-0.2, 0) is 6.42 Å². The fourth-order valence-corrected chi connectivity index (χ4v) is 2.94. The predicted molar refractivity (Wildman–Crippen MR) is 71.0 cm³/mol. The van der Waals surface area contributed by atoms with E-state index in [1.54, 1.807) is 0 Å². The zero-order valence-corrected chi connectivity index (χ0v) is 10.9. The van der Waals surface area contributed by atoms with Crippen molar-refractivity contribution >= 4 is 0 Å². The molecule has 1 aromatic rings. The van der Waals surface area contributed by atoms with E-state index in [4.69, 9.17) is 0 Å². The molecule has 2 heteroatoms. The van der Waals surface area contributed by atoms with Gasteiger partial charge in [-0.1, -0.05) is 44.5 Å². The minimum Gasteiger partial charge on any atom is -0.388 e. The molecule has 1 heterocycles. The first-order valence-corrected chi connectivity index (χ1v) is 6.75. The molecule has 2 rings (SSSR count). The molecule has 0 fully saturated rings. The minimum atomic E-state index is -0.606. The van der Waals surface area contributed by atoms with Crippen LogP contribution in [0.4, 0.5) is 0 Å². The van der Waals surface area contributed by atoms with E-state index >= 15 is 0 Å². The van der Waals surface area contributed by atoms with E-state index in [1.165, 1.54) is 11.1 Å². The van der Waals surface area contributed by atoms with Gasteiger partial charge in [-0.05, 0) is 36.9 Å². The Morgan fingerprint density at radius 2 is 2.12 bits per heavy atom. The van der Waals surface area contributed by atoms with Crippen LogP contribution in [0.1, 0.15) is 50.3 Å². The fraction of sp³-hybridized carbons (Fsp3) is 0.600. The second kappa shape index (κ2) is 5.19. The molecule has 0 radical (unpaired) electrons. The van der Waals surface area contributed by atoms with Crippen LogP contribution in [0, 0.1) is 0 Å². The first-order valence-electron chi connectivity index (χ1n) is 6.75. The van der Waals surface area contributed by atoms with Crippen LogP contribution >= 0.6 is 0 Å². The second-order valence-electron chi connectivity index (χ2n) is 5.04. The average Bonchev–Trinajstić information content (AvgIpc) is 2.38. The van der Waals surface area contributed by atoms with E-state index < -0.39 is 5.60 Å². The van der Waals surface area contributed by atoms with Crippen LogP contribution in [0.3, 0.4) is 0 Å². The Morgan fingerprint density at radius 1 is 1.35 bits per heavy atom. The van der Waals surface area contributed by atoms with Crippen molar-refractivity contribution in [1.29, 1.82) is 0 Å². The van der Waals surface area contributed by atoms with Crippen molar-refractivity contribution in [3.8, 4) is 0 Å². The lowest BCUT2D eigenvalue weighted by molar-refractivity contribution is -0.0138. The maximum absolute atomic E-state index is 10.8. The summed E-state index contributed by atoms with van der Waals surface area (Å²) < 4.78 is 0. The van der Waals surface area contributed by atoms with Gasteiger partial charge < -0.3 is 10.4 Å². The topological polar surface area (TPSA) is 32.3 Å². The van der Waals surface area contributed by atoms with Gasteiger partial charge in [0.05, 0.1) is 11.6 Å². The highest BCUT2D eigenvalue weighted by atomic mass is 16.3. The van der Waals surface area contributed by atoms with Gasteiger partial charge in [0.1, 0.15) is 0 Å². The van der Waals surface area contributed by atoms with Crippen LogP contribution in [0.25, 0.3) is 0 Å². The fourth-order valence-electron chi connectivity index (χ4n) is 2.94. The van der Waals surface area contributed by atoms with Crippen molar-refractivity contribution in [2.24, 2.45) is 0 Å². The summed E-state index contributed by atoms with van der Waals surface area (Å²) in [7, 11) is 0. The van der Waals surface area contributed by atoms with Gasteiger partial charge in [-0.15, -0.1) is 0 Å². The zero-order chi connectivity index (χ0) is 12.3. The summed E-state index contributed by atoms with van der Waals surface area (Å²) in [6, 6.07) is 8.60. The van der Waals surface area contributed by atoms with E-state index in [-0.39, 0.29) is 6.04 Å². The molecular formula is C15H23NO. The van der Waals surface area contributed by atoms with Crippen LogP contribution in [0.5, 0.6) is 0 Å². The molecule has 1 aromatic carbocycles. The average molecular weight is 233 g/mol. The SMILES string of the molecule is CCCC(O)(CC)C1NCCc2ccccc21. The molecule has 0 aliphatic carbocycles. The summed E-state index contributed by atoms with van der Waals surface area (Å²) in [6.45, 7) is 5.18. The van der Waals surface area contributed by atoms with Gasteiger partial charge in [0.25, 0.3) is 0 Å². The monoisotopic (exact) mass is 233 g/mol. The van der Waals surface area contributed by atoms with E-state index in [0.29, 0.717) is 0 Å². The van der Waals surface area contributed by atoms with Crippen molar-refractivity contribution in [3.63, 3.8) is 0 Å². The van der Waals surface area contributed by atoms with Crippen molar-refractivity contribution < 1.29 is 5.11 Å². The van der Waals surface area contributed by atoms with Gasteiger partial charge in [-0.2, -0.15) is 0 Å². The Kier molecular flexibility index (Phi) is 3.85. The third-order valence-corrected chi connectivity index (χ3v) is 3.94. The van der Waals surface area contributed by atoms with Gasteiger partial charge in [0, 0.05) is 0 Å². The molecule has 0 spiro atoms. The van der Waals surface area contributed by atoms with E-state index in [0.717, 1.165) is 32.2 Å². The predicted octanol–water partition coefficient (Wildman–Crippen LogP) is 2.81. The lowest BCUT2D eigenvalue weighted by Gasteiger charge is -2.40. The Hall–Kier alpha value is -0.860. The molecule has 0 saturated carbocycles. The molecule has 2 N–H and O–H groups in total. The van der Waals surface area contributed by atoms with Gasteiger partial charge in [-0.3, -0.25) is 0 Å². The molecule has 0 saturated heterocycles. The second-order valence-corrected chi connectivity index (χ2v) is 5.04. The van der Waals surface area contributed by atoms with Crippen molar-refractivity contribution in [1.82, 2.24) is 5.32 Å². The van der Waals surface area contributed by atoms with Crippen molar-refractivity contribution in [3.05, 3.63) is 35.4 Å². The number of fused-ring (bicyclic) bond motifs is 1. The molecule has 0 aromatic heterocycles. The first kappa shape index (κ1) is 12.6. The van der Waals surface area contributed by atoms with Crippen LogP contribution in [0.2, 0.25) is 0 Å². The smallest absolute Gasteiger partial charge is 0.0839 e. The van der Waals surface area contributed by atoms with Crippen molar-refractivity contribution in [2.45, 2.75) is 51.2 Å². The highest BCUT2D eigenvalue weighted by Gasteiger charge is 2.37. The lowest BCUT2D eigenvalue weighted by atomic mass is 9.79. The summed E-state index contributed by atoms with van der Waals surface area (Å²) in [5.74, 6) is 0. The zero-order valence-electron chi connectivity index (χ0n) is 10.9. The van der Waals surface area contributed by atoms with Crippen LogP contribution in [-0.4, -0.2) is 17.3 Å². The molecule has 2 atom stereocenters. The third-order valence-electron chi connectivity index (χ3n) is 3.94. The highest BCUT2D eigenvalue weighted by Crippen LogP contribution is 2.36. The normalized spacial score (nSPS) is 22.9. The Bertz CT molecular complexity index is 377. The number of rotatable bonds is 4. The molecule has 2 unspecified atom stereocenters. The number of benzene rings is 1. The summed E-state index contributed by atoms with van der Waals surface area (Å²) in [5.41, 5.74) is 2.07. The Morgan fingerprint density at radius 3 is 2.82 bits per heavy atom.